The van der Waals surface area contributed by atoms with Crippen LogP contribution in [0.5, 0.6) is 0 Å². The third-order valence-electron chi connectivity index (χ3n) is 21.3. The molecule has 9 aromatic rings. The summed E-state index contributed by atoms with van der Waals surface area (Å²) >= 11 is -0.140. The first-order valence-corrected chi connectivity index (χ1v) is 41.4. The number of carbonyl (C=O) groups is 2. The summed E-state index contributed by atoms with van der Waals surface area (Å²) in [5, 5.41) is 26.5. The van der Waals surface area contributed by atoms with E-state index in [-0.39, 0.29) is 85.7 Å². The number of aliphatic hydroxyl groups is 2. The van der Waals surface area contributed by atoms with Gasteiger partial charge in [-0.3, -0.25) is 4.79 Å². The summed E-state index contributed by atoms with van der Waals surface area (Å²) in [6, 6.07) is 31.2. The van der Waals surface area contributed by atoms with Gasteiger partial charge in [0.2, 0.25) is 5.91 Å². The Labute approximate surface area is 688 Å². The molecule has 4 N–H and O–H groups in total. The smallest absolute Gasteiger partial charge is 0.371 e. The summed E-state index contributed by atoms with van der Waals surface area (Å²) in [5.41, 5.74) is 29.6. The molecule has 14 rings (SSSR count). The number of nitrogens with zero attached hydrogens (tertiary/aromatic N) is 9. The van der Waals surface area contributed by atoms with E-state index in [2.05, 4.69) is 64.6 Å². The number of aliphatic hydroxyl groups excluding tert-OH is 2. The van der Waals surface area contributed by atoms with Crippen LogP contribution in [-0.2, 0) is 65.5 Å². The summed E-state index contributed by atoms with van der Waals surface area (Å²) in [7, 11) is 4.03. The van der Waals surface area contributed by atoms with Gasteiger partial charge in [0.1, 0.15) is 13.6 Å². The molecule has 18 nitrogen and oxygen atoms in total. The van der Waals surface area contributed by atoms with E-state index in [1.807, 2.05) is 171 Å². The number of aromatic nitrogens is 9. The van der Waals surface area contributed by atoms with E-state index >= 15 is 0 Å². The molecule has 0 saturated carbocycles. The second-order valence-electron chi connectivity index (χ2n) is 28.0. The van der Waals surface area contributed by atoms with Crippen LogP contribution in [-0.4, -0.2) is 105 Å². The molecule has 5 aliphatic heterocycles. The van der Waals surface area contributed by atoms with Crippen molar-refractivity contribution in [2.45, 2.75) is 131 Å². The molecule has 1 fully saturated rings. The molecule has 23 heteroatoms. The Morgan fingerprint density at radius 1 is 0.545 bits per heavy atom. The van der Waals surface area contributed by atoms with Crippen molar-refractivity contribution >= 4 is 164 Å². The average Bonchev–Trinajstić information content (AvgIpc) is 1.70. The van der Waals surface area contributed by atoms with Crippen molar-refractivity contribution in [2.75, 3.05) is 44.4 Å². The van der Waals surface area contributed by atoms with Gasteiger partial charge in [-0.05, 0) is 132 Å². The van der Waals surface area contributed by atoms with E-state index in [9.17, 15) is 24.6 Å². The Balaban J connectivity index is 0.000000219. The van der Waals surface area contributed by atoms with E-state index in [0.29, 0.717) is 63.1 Å². The Bertz CT molecular complexity index is 5750. The maximum absolute atomic E-state index is 13.5. The van der Waals surface area contributed by atoms with Crippen LogP contribution in [0.2, 0.25) is 0 Å². The molecule has 2 amide bonds. The molecule has 7 aromatic heterocycles. The van der Waals surface area contributed by atoms with Gasteiger partial charge >= 0.3 is 201 Å². The number of ether oxygens (including phenoxy) is 2. The van der Waals surface area contributed by atoms with Crippen LogP contribution in [0.3, 0.4) is 0 Å². The fourth-order valence-corrected chi connectivity index (χ4v) is 20.0. The maximum atomic E-state index is 13.5. The molecular weight excluding hydrogens is 1600 g/mol. The van der Waals surface area contributed by atoms with Crippen LogP contribution in [0.25, 0.3) is 116 Å². The molecule has 1 atom stereocenters. The molecule has 0 spiro atoms. The predicted octanol–water partition coefficient (Wildman–Crippen LogP) is 17.2. The first-order chi connectivity index (χ1) is 53.3. The second-order valence-corrected chi connectivity index (χ2v) is 32.8. The van der Waals surface area contributed by atoms with Gasteiger partial charge in [-0.2, -0.15) is 0 Å². The number of anilines is 1. The molecule has 2 aromatic carbocycles. The van der Waals surface area contributed by atoms with Crippen molar-refractivity contribution in [1.82, 2.24) is 48.8 Å². The summed E-state index contributed by atoms with van der Waals surface area (Å²) in [4.78, 5) is 80.4. The number of unbranched alkanes of at least 4 members (excludes halogenated alkanes) is 2. The molecule has 112 heavy (non-hydrogen) atoms. The second kappa shape index (κ2) is 37.8. The van der Waals surface area contributed by atoms with Crippen LogP contribution in [0, 0.1) is 27.7 Å². The van der Waals surface area contributed by atoms with Gasteiger partial charge in [-0.15, -0.1) is 33.1 Å². The van der Waals surface area contributed by atoms with E-state index in [1.165, 1.54) is 25.0 Å². The fourth-order valence-electron chi connectivity index (χ4n) is 14.9. The third kappa shape index (κ3) is 18.2. The van der Waals surface area contributed by atoms with Crippen LogP contribution in [0.4, 0.5) is 5.69 Å². The Morgan fingerprint density at radius 3 is 1.48 bits per heavy atom. The van der Waals surface area contributed by atoms with Crippen molar-refractivity contribution in [3.63, 3.8) is 0 Å². The summed E-state index contributed by atoms with van der Waals surface area (Å²) in [5.74, 6) is 1.18. The van der Waals surface area contributed by atoms with Crippen molar-refractivity contribution in [3.8, 4) is 5.69 Å². The number of benzene rings is 2. The van der Waals surface area contributed by atoms with Gasteiger partial charge in [0.05, 0.1) is 58.8 Å². The van der Waals surface area contributed by atoms with Crippen molar-refractivity contribution in [3.05, 3.63) is 236 Å². The minimum absolute atomic E-state index is 0. The Morgan fingerprint density at radius 2 is 1.00 bits per heavy atom. The number of carbonyl (C=O) groups excluding carboxylic acids is 2. The number of amides is 2. The zero-order valence-corrected chi connectivity index (χ0v) is 69.8. The van der Waals surface area contributed by atoms with E-state index in [0.717, 1.165) is 207 Å². The van der Waals surface area contributed by atoms with Crippen LogP contribution >= 0.6 is 21.6 Å². The molecule has 16 bridgehead atoms. The van der Waals surface area contributed by atoms with Gasteiger partial charge in [0.25, 0.3) is 0 Å². The quantitative estimate of drug-likeness (QED) is 0.0170. The third-order valence-corrected chi connectivity index (χ3v) is 26.6. The Kier molecular flexibility index (Phi) is 28.4. The number of fused-ring (bicyclic) bond motifs is 17. The molecule has 580 valence electrons. The van der Waals surface area contributed by atoms with Crippen molar-refractivity contribution < 1.29 is 62.8 Å². The largest absolute Gasteiger partial charge is 2.00 e. The molecule has 5 aliphatic rings. The van der Waals surface area contributed by atoms with Crippen LogP contribution < -0.4 is 36.1 Å². The number of allylic oxidation sites excluding steroid dienone is 8. The van der Waals surface area contributed by atoms with Gasteiger partial charge in [0.15, 0.2) is 0 Å². The number of nitrogens with one attached hydrogen (secondary N) is 2. The first-order valence-electron chi connectivity index (χ1n) is 37.3. The van der Waals surface area contributed by atoms with Gasteiger partial charge in [0, 0.05) is 35.1 Å². The number of aryl methyl sites for hydroxylation is 6. The number of hydrogen-bond acceptors (Lipinski definition) is 13. The molecule has 1 unspecified atom stereocenters. The predicted molar refractivity (Wildman–Crippen MR) is 454 cm³/mol. The standard InChI is InChI=1S/C47H43N6O4Se.C42H50N5O3S2.2Co/c1-7-32-26(3)37-21-38-29(6)35(19-20-57-25-54)44(51-38)24-43-34(28(5)40(52-43)23-42-33(8-2)27(4)39(50-42)22-41(32)49-37)17-18-46(55)48-30-13-15-31(16-14-30)53-47(56)36-11-9-10-12-45(36)58-53;1-7-30-25(3)34-20-35-28(6)33(15-18-50-24-48)41(46-35)23-40-32(13-14-42(49)43-17-11-9-10-12-29-16-19-51-52-29)27(5)37(47-40)22-39-31(8-2)26(4)36(45-39)21-38(30)44-34;;/h7-16,21-24,54H,1-2,17-20,25H2,3-6H3,(H2-,48,49,50,51,52,55);7-8,20-23,29,48H,1-2,9-19,24H2,3-6H3,(H2-,43,44,45,46,47,49);;/q2*-1;2*+2/p-2. The monoisotopic (exact) mass is 1690 g/mol. The molecule has 0 aliphatic carbocycles. The minimum Gasteiger partial charge on any atom is -0.371 e. The van der Waals surface area contributed by atoms with Crippen LogP contribution in [0.15, 0.2) is 140 Å². The van der Waals surface area contributed by atoms with Gasteiger partial charge in [-0.25, -0.2) is 19.9 Å². The maximum Gasteiger partial charge on any atom is 2.00 e. The molecule has 12 heterocycles. The fraction of sp³-hybridized carbons (Fsp3) is 0.292. The van der Waals surface area contributed by atoms with Crippen LogP contribution in [0.1, 0.15) is 176 Å². The number of hydrogen-bond donors (Lipinski definition) is 4. The van der Waals surface area contributed by atoms with Gasteiger partial charge in [-0.1, -0.05) is 150 Å². The number of rotatable bonds is 26. The average molecular weight is 1690 g/mol. The van der Waals surface area contributed by atoms with Crippen molar-refractivity contribution in [1.29, 1.82) is 0 Å². The summed E-state index contributed by atoms with van der Waals surface area (Å²) < 4.78 is 13.6. The first kappa shape index (κ1) is 84.0. The molecular formula is C89H91Co2N11O7S2Se. The minimum atomic E-state index is -0.373. The summed E-state index contributed by atoms with van der Waals surface area (Å²) in [6.07, 6.45) is 16.0. The molecule has 1 saturated heterocycles. The molecule has 2 radical (unpaired) electrons. The topological polar surface area (TPSA) is 247 Å². The summed E-state index contributed by atoms with van der Waals surface area (Å²) in [6.45, 7) is 33.4. The zero-order chi connectivity index (χ0) is 77.4. The SMILES string of the molecule is C=CC1=C(C)c2cc3[n-]c(cc4nc(cc5[n-]c(cc1n2)c(C)c5CCC(=O)NCCCCCC1CCSS1)C(CCOCO)=C4C)c(C)c3C=C.C=CC1=C(C)c2cc3[n-]c(cc4nc(cc5[n-]c(cc1n2)c(C)c5CCC(=O)Nc1ccc(-n2[se]c5ccccc5c2=O)cc1)C(CCOCO)=C4C)c(C)c3C=C.[Co+2].[Co+2]. The Hall–Kier alpha value is -8.92. The van der Waals surface area contributed by atoms with E-state index < -0.39 is 0 Å². The van der Waals surface area contributed by atoms with Gasteiger partial charge < -0.3 is 40.0 Å². The normalized spacial score (nSPS) is 14.0. The van der Waals surface area contributed by atoms with E-state index in [4.69, 9.17) is 49.3 Å². The van der Waals surface area contributed by atoms with E-state index in [1.54, 1.807) is 3.56 Å². The van der Waals surface area contributed by atoms with Crippen molar-refractivity contribution in [2.24, 2.45) is 0 Å². The zero-order valence-electron chi connectivity index (χ0n) is 64.3.